The molecule has 0 heteroatoms. The lowest BCUT2D eigenvalue weighted by molar-refractivity contribution is 0.570. The Balaban J connectivity index is 2.56. The molecular weight excluding hydrogens is 156 g/mol. The van der Waals surface area contributed by atoms with Gasteiger partial charge in [0.05, 0.1) is 0 Å². The van der Waals surface area contributed by atoms with E-state index in [0.29, 0.717) is 0 Å². The Morgan fingerprint density at radius 1 is 1.08 bits per heavy atom. The first-order valence-electron chi connectivity index (χ1n) is 5.43. The quantitative estimate of drug-likeness (QED) is 0.625. The summed E-state index contributed by atoms with van der Waals surface area (Å²) in [6.07, 6.45) is 5.28. The molecule has 0 spiro atoms. The van der Waals surface area contributed by atoms with E-state index in [9.17, 15) is 0 Å². The van der Waals surface area contributed by atoms with Crippen molar-refractivity contribution in [3.63, 3.8) is 0 Å². The zero-order valence-corrected chi connectivity index (χ0v) is 8.79. The molecule has 0 amide bonds. The molecule has 1 rings (SSSR count). The average Bonchev–Trinajstić information content (AvgIpc) is 2.21. The Labute approximate surface area is 82.0 Å². The van der Waals surface area contributed by atoms with Crippen molar-refractivity contribution in [3.8, 4) is 0 Å². The van der Waals surface area contributed by atoms with E-state index in [2.05, 4.69) is 44.2 Å². The van der Waals surface area contributed by atoms with Gasteiger partial charge < -0.3 is 0 Å². The SMILES string of the molecule is CCCC[C@@H](CC)c1ccccc1. The summed E-state index contributed by atoms with van der Waals surface area (Å²) >= 11 is 0. The number of hydrogen-bond donors (Lipinski definition) is 0. The van der Waals surface area contributed by atoms with Crippen LogP contribution in [-0.2, 0) is 0 Å². The largest absolute Gasteiger partial charge is 0.0654 e. The van der Waals surface area contributed by atoms with E-state index >= 15 is 0 Å². The van der Waals surface area contributed by atoms with Crippen LogP contribution < -0.4 is 0 Å². The van der Waals surface area contributed by atoms with Gasteiger partial charge in [0.25, 0.3) is 0 Å². The summed E-state index contributed by atoms with van der Waals surface area (Å²) in [5.74, 6) is 0.779. The second-order valence-corrected chi connectivity index (χ2v) is 3.66. The maximum absolute atomic E-state index is 2.29. The minimum Gasteiger partial charge on any atom is -0.0654 e. The monoisotopic (exact) mass is 176 g/mol. The first kappa shape index (κ1) is 10.3. The van der Waals surface area contributed by atoms with Crippen LogP contribution in [0, 0.1) is 0 Å². The molecule has 0 N–H and O–H groups in total. The summed E-state index contributed by atoms with van der Waals surface area (Å²) in [7, 11) is 0. The Morgan fingerprint density at radius 2 is 1.77 bits per heavy atom. The molecule has 0 saturated carbocycles. The van der Waals surface area contributed by atoms with Gasteiger partial charge in [-0.05, 0) is 24.3 Å². The predicted molar refractivity (Wildman–Crippen MR) is 59.0 cm³/mol. The minimum atomic E-state index is 0.779. The Bertz CT molecular complexity index is 213. The van der Waals surface area contributed by atoms with E-state index in [4.69, 9.17) is 0 Å². The van der Waals surface area contributed by atoms with Crippen molar-refractivity contribution in [2.24, 2.45) is 0 Å². The first-order chi connectivity index (χ1) is 6.38. The zero-order valence-electron chi connectivity index (χ0n) is 8.79. The maximum Gasteiger partial charge on any atom is -0.0165 e. The van der Waals surface area contributed by atoms with E-state index < -0.39 is 0 Å². The van der Waals surface area contributed by atoms with Gasteiger partial charge in [-0.1, -0.05) is 57.0 Å². The molecule has 0 aliphatic carbocycles. The van der Waals surface area contributed by atoms with Gasteiger partial charge in [0.2, 0.25) is 0 Å². The van der Waals surface area contributed by atoms with Crippen molar-refractivity contribution in [1.29, 1.82) is 0 Å². The summed E-state index contributed by atoms with van der Waals surface area (Å²) in [4.78, 5) is 0. The molecule has 13 heavy (non-hydrogen) atoms. The third-order valence-electron chi connectivity index (χ3n) is 2.67. The van der Waals surface area contributed by atoms with Crippen molar-refractivity contribution in [1.82, 2.24) is 0 Å². The van der Waals surface area contributed by atoms with Crippen LogP contribution in [0.25, 0.3) is 0 Å². The number of benzene rings is 1. The van der Waals surface area contributed by atoms with Gasteiger partial charge in [-0.15, -0.1) is 0 Å². The van der Waals surface area contributed by atoms with Crippen LogP contribution >= 0.6 is 0 Å². The topological polar surface area (TPSA) is 0 Å². The number of unbranched alkanes of at least 4 members (excludes halogenated alkanes) is 1. The van der Waals surface area contributed by atoms with Crippen molar-refractivity contribution in [3.05, 3.63) is 35.9 Å². The standard InChI is InChI=1S/C13H20/c1-3-5-9-12(4-2)13-10-7-6-8-11-13/h6-8,10-12H,3-5,9H2,1-2H3/t12-/m1/s1. The molecule has 0 fully saturated rings. The molecule has 0 nitrogen and oxygen atoms in total. The van der Waals surface area contributed by atoms with Crippen LogP contribution in [0.15, 0.2) is 30.3 Å². The lowest BCUT2D eigenvalue weighted by Gasteiger charge is -2.14. The second-order valence-electron chi connectivity index (χ2n) is 3.66. The first-order valence-corrected chi connectivity index (χ1v) is 5.43. The fourth-order valence-electron chi connectivity index (χ4n) is 1.78. The molecule has 1 atom stereocenters. The summed E-state index contributed by atoms with van der Waals surface area (Å²) in [5, 5.41) is 0. The van der Waals surface area contributed by atoms with Crippen molar-refractivity contribution in [2.45, 2.75) is 45.4 Å². The van der Waals surface area contributed by atoms with Crippen LogP contribution in [0.2, 0.25) is 0 Å². The van der Waals surface area contributed by atoms with Gasteiger partial charge in [-0.2, -0.15) is 0 Å². The summed E-state index contributed by atoms with van der Waals surface area (Å²) in [6.45, 7) is 4.55. The number of hydrogen-bond acceptors (Lipinski definition) is 0. The third-order valence-corrected chi connectivity index (χ3v) is 2.67. The van der Waals surface area contributed by atoms with E-state index in [-0.39, 0.29) is 0 Å². The van der Waals surface area contributed by atoms with E-state index in [1.807, 2.05) is 0 Å². The molecule has 0 heterocycles. The normalized spacial score (nSPS) is 12.8. The van der Waals surface area contributed by atoms with Crippen molar-refractivity contribution in [2.75, 3.05) is 0 Å². The molecule has 0 unspecified atom stereocenters. The molecule has 0 aliphatic rings. The maximum atomic E-state index is 2.29. The Kier molecular flexibility index (Phi) is 4.59. The van der Waals surface area contributed by atoms with Crippen LogP contribution in [0.4, 0.5) is 0 Å². The lowest BCUT2D eigenvalue weighted by atomic mass is 9.91. The molecule has 1 aromatic carbocycles. The molecule has 0 saturated heterocycles. The lowest BCUT2D eigenvalue weighted by Crippen LogP contribution is -1.96. The molecule has 72 valence electrons. The molecule has 0 radical (unpaired) electrons. The number of rotatable bonds is 5. The third kappa shape index (κ3) is 3.22. The minimum absolute atomic E-state index is 0.779. The summed E-state index contributed by atoms with van der Waals surface area (Å²) in [5.41, 5.74) is 1.51. The van der Waals surface area contributed by atoms with Gasteiger partial charge in [-0.3, -0.25) is 0 Å². The van der Waals surface area contributed by atoms with Crippen molar-refractivity contribution >= 4 is 0 Å². The van der Waals surface area contributed by atoms with Crippen LogP contribution in [0.1, 0.15) is 51.0 Å². The van der Waals surface area contributed by atoms with Gasteiger partial charge in [0.1, 0.15) is 0 Å². The Morgan fingerprint density at radius 3 is 2.31 bits per heavy atom. The zero-order chi connectivity index (χ0) is 9.52. The molecule has 0 bridgehead atoms. The van der Waals surface area contributed by atoms with Gasteiger partial charge in [-0.25, -0.2) is 0 Å². The highest BCUT2D eigenvalue weighted by atomic mass is 14.1. The fraction of sp³-hybridized carbons (Fsp3) is 0.538. The summed E-state index contributed by atoms with van der Waals surface area (Å²) < 4.78 is 0. The molecular formula is C13H20. The average molecular weight is 176 g/mol. The van der Waals surface area contributed by atoms with Gasteiger partial charge in [0.15, 0.2) is 0 Å². The van der Waals surface area contributed by atoms with Crippen molar-refractivity contribution < 1.29 is 0 Å². The second kappa shape index (κ2) is 5.80. The van der Waals surface area contributed by atoms with Gasteiger partial charge in [0, 0.05) is 0 Å². The predicted octanol–water partition coefficient (Wildman–Crippen LogP) is 4.37. The van der Waals surface area contributed by atoms with Gasteiger partial charge >= 0.3 is 0 Å². The van der Waals surface area contributed by atoms with E-state index in [1.54, 1.807) is 0 Å². The Hall–Kier alpha value is -0.780. The highest BCUT2D eigenvalue weighted by Gasteiger charge is 2.06. The smallest absolute Gasteiger partial charge is 0.0165 e. The van der Waals surface area contributed by atoms with Crippen LogP contribution in [0.5, 0.6) is 0 Å². The molecule has 1 aromatic rings. The molecule has 0 aromatic heterocycles. The van der Waals surface area contributed by atoms with Crippen LogP contribution in [0.3, 0.4) is 0 Å². The van der Waals surface area contributed by atoms with E-state index in [0.717, 1.165) is 5.92 Å². The van der Waals surface area contributed by atoms with Crippen LogP contribution in [-0.4, -0.2) is 0 Å². The highest BCUT2D eigenvalue weighted by Crippen LogP contribution is 2.24. The molecule has 0 aliphatic heterocycles. The summed E-state index contributed by atoms with van der Waals surface area (Å²) in [6, 6.07) is 10.9. The highest BCUT2D eigenvalue weighted by molar-refractivity contribution is 5.19. The van der Waals surface area contributed by atoms with E-state index in [1.165, 1.54) is 31.2 Å². The fourth-order valence-corrected chi connectivity index (χ4v) is 1.78.